The summed E-state index contributed by atoms with van der Waals surface area (Å²) in [4.78, 5) is 23.9. The van der Waals surface area contributed by atoms with Gasteiger partial charge in [-0.2, -0.15) is 0 Å². The first-order chi connectivity index (χ1) is 12.0. The van der Waals surface area contributed by atoms with Gasteiger partial charge in [-0.05, 0) is 42.7 Å². The molecule has 128 valence electrons. The number of hydrogen-bond acceptors (Lipinski definition) is 2. The average molecular weight is 355 g/mol. The van der Waals surface area contributed by atoms with E-state index in [2.05, 4.69) is 12.2 Å². The Morgan fingerprint density at radius 3 is 2.76 bits per heavy atom. The van der Waals surface area contributed by atoms with Crippen LogP contribution < -0.4 is 5.32 Å². The van der Waals surface area contributed by atoms with Gasteiger partial charge in [-0.3, -0.25) is 9.59 Å². The Morgan fingerprint density at radius 1 is 1.28 bits per heavy atom. The molecule has 1 amide bonds. The van der Waals surface area contributed by atoms with Crippen LogP contribution in [0.25, 0.3) is 10.9 Å². The first kappa shape index (κ1) is 17.2. The van der Waals surface area contributed by atoms with Gasteiger partial charge in [0.2, 0.25) is 5.91 Å². The van der Waals surface area contributed by atoms with Crippen LogP contribution in [0.3, 0.4) is 0 Å². The predicted molar refractivity (Wildman–Crippen MR) is 102 cm³/mol. The lowest BCUT2D eigenvalue weighted by molar-refractivity contribution is -0.116. The quantitative estimate of drug-likeness (QED) is 0.680. The van der Waals surface area contributed by atoms with Crippen molar-refractivity contribution >= 4 is 40.4 Å². The minimum atomic E-state index is -0.148. The molecule has 0 fully saturated rings. The second-order valence-electron chi connectivity index (χ2n) is 6.00. The van der Waals surface area contributed by atoms with Crippen LogP contribution in [0, 0.1) is 6.92 Å². The van der Waals surface area contributed by atoms with Gasteiger partial charge in [0.25, 0.3) is 0 Å². The Bertz CT molecular complexity index is 960. The van der Waals surface area contributed by atoms with Crippen molar-refractivity contribution in [2.24, 2.45) is 0 Å². The molecule has 2 aromatic carbocycles. The molecule has 1 N–H and O–H groups in total. The van der Waals surface area contributed by atoms with Crippen molar-refractivity contribution in [3.63, 3.8) is 0 Å². The summed E-state index contributed by atoms with van der Waals surface area (Å²) in [6.45, 7) is 4.10. The van der Waals surface area contributed by atoms with E-state index in [0.717, 1.165) is 40.4 Å². The molecule has 1 aromatic heterocycles. The highest BCUT2D eigenvalue weighted by Crippen LogP contribution is 2.25. The number of nitrogens with one attached hydrogen (secondary N) is 1. The van der Waals surface area contributed by atoms with Crippen LogP contribution in [0.5, 0.6) is 0 Å². The molecule has 1 heterocycles. The molecule has 0 unspecified atom stereocenters. The molecule has 0 saturated carbocycles. The molecule has 4 nitrogen and oxygen atoms in total. The second kappa shape index (κ2) is 7.11. The lowest BCUT2D eigenvalue weighted by Gasteiger charge is -2.11. The zero-order valence-corrected chi connectivity index (χ0v) is 14.9. The molecule has 0 aliphatic carbocycles. The Hall–Kier alpha value is -2.59. The van der Waals surface area contributed by atoms with Crippen molar-refractivity contribution in [1.82, 2.24) is 4.57 Å². The molecular formula is C20H19ClN2O2. The maximum atomic E-state index is 12.5. The third kappa shape index (κ3) is 3.44. The number of nitrogens with zero attached hydrogens (tertiary/aromatic N) is 1. The number of aryl methyl sites for hydroxylation is 2. The lowest BCUT2D eigenvalue weighted by atomic mass is 10.1. The van der Waals surface area contributed by atoms with Crippen molar-refractivity contribution in [2.45, 2.75) is 26.8 Å². The normalized spacial score (nSPS) is 10.8. The largest absolute Gasteiger partial charge is 0.337 e. The van der Waals surface area contributed by atoms with Crippen molar-refractivity contribution < 1.29 is 9.59 Å². The van der Waals surface area contributed by atoms with Crippen LogP contribution in [0.4, 0.5) is 5.69 Å². The fourth-order valence-electron chi connectivity index (χ4n) is 3.08. The summed E-state index contributed by atoms with van der Waals surface area (Å²) in [7, 11) is 0. The number of para-hydroxylation sites is 1. The number of halogens is 1. The SMILES string of the molecule is CCc1cccc2c(C=O)cn(CC(=O)Nc3ccc(Cl)cc3C)c12. The highest BCUT2D eigenvalue weighted by Gasteiger charge is 2.14. The molecule has 0 spiro atoms. The number of benzene rings is 2. The van der Waals surface area contributed by atoms with E-state index < -0.39 is 0 Å². The number of aldehydes is 1. The topological polar surface area (TPSA) is 51.1 Å². The summed E-state index contributed by atoms with van der Waals surface area (Å²) in [5.74, 6) is -0.148. The third-order valence-corrected chi connectivity index (χ3v) is 4.53. The minimum Gasteiger partial charge on any atom is -0.337 e. The Kier molecular flexibility index (Phi) is 4.91. The van der Waals surface area contributed by atoms with E-state index in [1.54, 1.807) is 18.3 Å². The van der Waals surface area contributed by atoms with Crippen LogP contribution in [-0.4, -0.2) is 16.8 Å². The molecule has 3 aromatic rings. The monoisotopic (exact) mass is 354 g/mol. The molecule has 0 bridgehead atoms. The van der Waals surface area contributed by atoms with E-state index in [0.29, 0.717) is 10.6 Å². The summed E-state index contributed by atoms with van der Waals surface area (Å²) in [6, 6.07) is 11.2. The summed E-state index contributed by atoms with van der Waals surface area (Å²) in [5.41, 5.74) is 4.29. The number of hydrogen-bond donors (Lipinski definition) is 1. The number of anilines is 1. The summed E-state index contributed by atoms with van der Waals surface area (Å²) in [5, 5.41) is 4.42. The molecular weight excluding hydrogens is 336 g/mol. The van der Waals surface area contributed by atoms with Crippen molar-refractivity contribution in [2.75, 3.05) is 5.32 Å². The van der Waals surface area contributed by atoms with Crippen LogP contribution >= 0.6 is 11.6 Å². The Morgan fingerprint density at radius 2 is 2.08 bits per heavy atom. The van der Waals surface area contributed by atoms with Crippen LogP contribution in [0.2, 0.25) is 5.02 Å². The molecule has 0 aliphatic heterocycles. The number of rotatable bonds is 5. The molecule has 5 heteroatoms. The molecule has 0 aliphatic rings. The number of aromatic nitrogens is 1. The number of fused-ring (bicyclic) bond motifs is 1. The zero-order valence-electron chi connectivity index (χ0n) is 14.2. The van der Waals surface area contributed by atoms with E-state index in [-0.39, 0.29) is 12.5 Å². The van der Waals surface area contributed by atoms with Crippen LogP contribution in [-0.2, 0) is 17.8 Å². The van der Waals surface area contributed by atoms with Crippen molar-refractivity contribution in [3.05, 3.63) is 64.3 Å². The minimum absolute atomic E-state index is 0.142. The first-order valence-electron chi connectivity index (χ1n) is 8.15. The summed E-state index contributed by atoms with van der Waals surface area (Å²) in [6.07, 6.45) is 3.40. The number of carbonyl (C=O) groups is 2. The molecule has 0 saturated heterocycles. The first-order valence-corrected chi connectivity index (χ1v) is 8.53. The maximum Gasteiger partial charge on any atom is 0.244 e. The van der Waals surface area contributed by atoms with E-state index in [4.69, 9.17) is 11.6 Å². The average Bonchev–Trinajstić information content (AvgIpc) is 2.95. The van der Waals surface area contributed by atoms with Gasteiger partial charge in [0.1, 0.15) is 6.54 Å². The second-order valence-corrected chi connectivity index (χ2v) is 6.44. The van der Waals surface area contributed by atoms with E-state index in [1.165, 1.54) is 0 Å². The molecule has 3 rings (SSSR count). The lowest BCUT2D eigenvalue weighted by Crippen LogP contribution is -2.19. The summed E-state index contributed by atoms with van der Waals surface area (Å²) >= 11 is 5.95. The maximum absolute atomic E-state index is 12.5. The fourth-order valence-corrected chi connectivity index (χ4v) is 3.31. The van der Waals surface area contributed by atoms with E-state index >= 15 is 0 Å². The highest BCUT2D eigenvalue weighted by molar-refractivity contribution is 6.30. The number of carbonyl (C=O) groups excluding carboxylic acids is 2. The predicted octanol–water partition coefficient (Wildman–Crippen LogP) is 4.62. The van der Waals surface area contributed by atoms with E-state index in [9.17, 15) is 9.59 Å². The standard InChI is InChI=1S/C20H19ClN2O2/c1-3-14-5-4-6-17-15(12-24)10-23(20(14)17)11-19(25)22-18-8-7-16(21)9-13(18)2/h4-10,12H,3,11H2,1-2H3,(H,22,25). The van der Waals surface area contributed by atoms with Gasteiger partial charge in [-0.25, -0.2) is 0 Å². The van der Waals surface area contributed by atoms with Crippen molar-refractivity contribution in [1.29, 1.82) is 0 Å². The van der Waals surface area contributed by atoms with Gasteiger partial charge in [0, 0.05) is 27.9 Å². The smallest absolute Gasteiger partial charge is 0.244 e. The van der Waals surface area contributed by atoms with Crippen molar-refractivity contribution in [3.8, 4) is 0 Å². The molecule has 25 heavy (non-hydrogen) atoms. The zero-order chi connectivity index (χ0) is 18.0. The van der Waals surface area contributed by atoms with Gasteiger partial charge in [-0.15, -0.1) is 0 Å². The molecule has 0 atom stereocenters. The Labute approximate surface area is 151 Å². The van der Waals surface area contributed by atoms with Gasteiger partial charge in [0.15, 0.2) is 6.29 Å². The third-order valence-electron chi connectivity index (χ3n) is 4.30. The summed E-state index contributed by atoms with van der Waals surface area (Å²) < 4.78 is 1.85. The van der Waals surface area contributed by atoms with Gasteiger partial charge >= 0.3 is 0 Å². The molecule has 0 radical (unpaired) electrons. The number of amides is 1. The fraction of sp³-hybridized carbons (Fsp3) is 0.200. The Balaban J connectivity index is 1.92. The van der Waals surface area contributed by atoms with Crippen LogP contribution in [0.1, 0.15) is 28.4 Å². The van der Waals surface area contributed by atoms with Gasteiger partial charge in [0.05, 0.1) is 5.52 Å². The van der Waals surface area contributed by atoms with Crippen LogP contribution in [0.15, 0.2) is 42.6 Å². The highest BCUT2D eigenvalue weighted by atomic mass is 35.5. The van der Waals surface area contributed by atoms with Gasteiger partial charge < -0.3 is 9.88 Å². The van der Waals surface area contributed by atoms with Gasteiger partial charge in [-0.1, -0.05) is 36.7 Å². The van der Waals surface area contributed by atoms with E-state index in [1.807, 2.05) is 35.8 Å².